The third-order valence-electron chi connectivity index (χ3n) is 7.16. The molecular formula is C30H32Cl3N3O4S. The van der Waals surface area contributed by atoms with Crippen LogP contribution in [0.25, 0.3) is 0 Å². The van der Waals surface area contributed by atoms with Gasteiger partial charge in [0.25, 0.3) is 0 Å². The van der Waals surface area contributed by atoms with E-state index in [-0.39, 0.29) is 35.6 Å². The van der Waals surface area contributed by atoms with E-state index in [1.807, 2.05) is 30.3 Å². The summed E-state index contributed by atoms with van der Waals surface area (Å²) < 4.78 is 26.8. The second-order valence-corrected chi connectivity index (χ2v) is 13.3. The molecule has 4 rings (SSSR count). The summed E-state index contributed by atoms with van der Waals surface area (Å²) in [6.07, 6.45) is 4.98. The van der Waals surface area contributed by atoms with Crippen molar-refractivity contribution in [2.45, 2.75) is 50.7 Å². The maximum atomic E-state index is 14.2. The third kappa shape index (κ3) is 8.16. The van der Waals surface area contributed by atoms with E-state index in [9.17, 15) is 18.0 Å². The summed E-state index contributed by atoms with van der Waals surface area (Å²) in [7, 11) is -3.93. The lowest BCUT2D eigenvalue weighted by molar-refractivity contribution is -0.140. The zero-order valence-electron chi connectivity index (χ0n) is 22.6. The van der Waals surface area contributed by atoms with Gasteiger partial charge in [0.2, 0.25) is 21.8 Å². The van der Waals surface area contributed by atoms with Crippen LogP contribution in [0.3, 0.4) is 0 Å². The molecule has 3 aromatic rings. The molecule has 3 aromatic carbocycles. The van der Waals surface area contributed by atoms with Crippen molar-refractivity contribution in [3.8, 4) is 0 Å². The van der Waals surface area contributed by atoms with Crippen LogP contribution < -0.4 is 9.62 Å². The van der Waals surface area contributed by atoms with E-state index in [0.29, 0.717) is 15.6 Å². The monoisotopic (exact) mass is 635 g/mol. The number of hydrogen-bond acceptors (Lipinski definition) is 4. The van der Waals surface area contributed by atoms with E-state index in [1.54, 1.807) is 36.4 Å². The second kappa shape index (κ2) is 13.9. The molecule has 0 spiro atoms. The van der Waals surface area contributed by atoms with Gasteiger partial charge in [-0.05, 0) is 42.7 Å². The van der Waals surface area contributed by atoms with Crippen molar-refractivity contribution < 1.29 is 18.0 Å². The lowest BCUT2D eigenvalue weighted by Crippen LogP contribution is -2.54. The minimum atomic E-state index is -3.93. The zero-order chi connectivity index (χ0) is 29.6. The number of rotatable bonds is 11. The van der Waals surface area contributed by atoms with E-state index >= 15 is 0 Å². The van der Waals surface area contributed by atoms with Gasteiger partial charge in [0.05, 0.1) is 17.0 Å². The summed E-state index contributed by atoms with van der Waals surface area (Å²) in [4.78, 5) is 29.5. The molecule has 0 radical (unpaired) electrons. The van der Waals surface area contributed by atoms with Gasteiger partial charge in [0.15, 0.2) is 0 Å². The summed E-state index contributed by atoms with van der Waals surface area (Å²) in [5, 5.41) is 3.95. The minimum Gasteiger partial charge on any atom is -0.352 e. The number of carbonyl (C=O) groups is 2. The van der Waals surface area contributed by atoms with E-state index in [4.69, 9.17) is 34.8 Å². The number of para-hydroxylation sites is 1. The Bertz CT molecular complexity index is 1460. The molecule has 0 saturated heterocycles. The van der Waals surface area contributed by atoms with Gasteiger partial charge in [-0.2, -0.15) is 0 Å². The molecule has 0 bridgehead atoms. The highest BCUT2D eigenvalue weighted by Crippen LogP contribution is 2.30. The number of anilines is 1. The molecule has 1 atom stereocenters. The number of halogens is 3. The van der Waals surface area contributed by atoms with Crippen molar-refractivity contribution in [2.75, 3.05) is 17.1 Å². The van der Waals surface area contributed by atoms with Crippen molar-refractivity contribution >= 4 is 62.3 Å². The predicted molar refractivity (Wildman–Crippen MR) is 165 cm³/mol. The fraction of sp³-hybridized carbons (Fsp3) is 0.333. The summed E-state index contributed by atoms with van der Waals surface area (Å²) in [6.45, 7) is -0.681. The van der Waals surface area contributed by atoms with Crippen LogP contribution in [0.15, 0.2) is 72.8 Å². The Labute approximate surface area is 256 Å². The molecule has 1 aliphatic rings. The summed E-state index contributed by atoms with van der Waals surface area (Å²) >= 11 is 19.4. The summed E-state index contributed by atoms with van der Waals surface area (Å²) in [6, 6.07) is 19.8. The molecule has 0 heterocycles. The first-order chi connectivity index (χ1) is 19.5. The lowest BCUT2D eigenvalue weighted by atomic mass is 10.0. The Kier molecular flexibility index (Phi) is 10.6. The molecule has 0 unspecified atom stereocenters. The van der Waals surface area contributed by atoms with Crippen LogP contribution in [0.4, 0.5) is 5.69 Å². The van der Waals surface area contributed by atoms with Crippen LogP contribution in [0.2, 0.25) is 15.1 Å². The second-order valence-electron chi connectivity index (χ2n) is 10.1. The van der Waals surface area contributed by atoms with Gasteiger partial charge < -0.3 is 10.2 Å². The summed E-state index contributed by atoms with van der Waals surface area (Å²) in [5.41, 5.74) is 1.46. The van der Waals surface area contributed by atoms with Gasteiger partial charge in [-0.1, -0.05) is 96.2 Å². The fourth-order valence-electron chi connectivity index (χ4n) is 5.02. The molecule has 1 N–H and O–H groups in total. The van der Waals surface area contributed by atoms with E-state index < -0.39 is 28.5 Å². The Hall–Kier alpha value is -2.78. The maximum Gasteiger partial charge on any atom is 0.244 e. The molecule has 2 amide bonds. The molecular weight excluding hydrogens is 605 g/mol. The highest BCUT2D eigenvalue weighted by molar-refractivity contribution is 7.92. The molecule has 1 saturated carbocycles. The molecule has 11 heteroatoms. The van der Waals surface area contributed by atoms with Crippen molar-refractivity contribution in [1.29, 1.82) is 0 Å². The average molecular weight is 637 g/mol. The number of sulfonamides is 1. The molecule has 7 nitrogen and oxygen atoms in total. The van der Waals surface area contributed by atoms with Crippen LogP contribution in [0.1, 0.15) is 36.8 Å². The van der Waals surface area contributed by atoms with Crippen LogP contribution >= 0.6 is 34.8 Å². The number of carbonyl (C=O) groups excluding carboxylic acids is 2. The van der Waals surface area contributed by atoms with Gasteiger partial charge >= 0.3 is 0 Å². The lowest BCUT2D eigenvalue weighted by Gasteiger charge is -2.34. The first-order valence-corrected chi connectivity index (χ1v) is 16.3. The average Bonchev–Trinajstić information content (AvgIpc) is 3.44. The number of amides is 2. The Balaban J connectivity index is 1.77. The maximum absolute atomic E-state index is 14.2. The first-order valence-electron chi connectivity index (χ1n) is 13.3. The number of nitrogens with one attached hydrogen (secondary N) is 1. The number of nitrogens with zero attached hydrogens (tertiary/aromatic N) is 2. The van der Waals surface area contributed by atoms with Crippen LogP contribution in [0.5, 0.6) is 0 Å². The Morgan fingerprint density at radius 3 is 2.07 bits per heavy atom. The van der Waals surface area contributed by atoms with Crippen molar-refractivity contribution in [3.05, 3.63) is 99.0 Å². The highest BCUT2D eigenvalue weighted by Gasteiger charge is 2.35. The number of hydrogen-bond donors (Lipinski definition) is 1. The molecule has 0 aromatic heterocycles. The standard InChI is InChI=1S/C30H32Cl3N3O4S/c1-41(39,40)36(27-17-8-7-14-26(27)33)20-29(37)35(19-23-24(31)15-9-16-25(23)32)28(18-21-10-3-2-4-11-21)30(38)34-22-12-5-6-13-22/h2-4,7-11,14-17,22,28H,5-6,12-13,18-20H2,1H3,(H,34,38)/t28-/m1/s1. The van der Waals surface area contributed by atoms with Crippen LogP contribution in [0, 0.1) is 0 Å². The quantitative estimate of drug-likeness (QED) is 0.275. The van der Waals surface area contributed by atoms with Crippen LogP contribution in [-0.2, 0) is 32.6 Å². The Morgan fingerprint density at radius 2 is 1.46 bits per heavy atom. The normalized spacial score (nSPS) is 14.4. The van der Waals surface area contributed by atoms with Crippen LogP contribution in [-0.4, -0.2) is 50.0 Å². The zero-order valence-corrected chi connectivity index (χ0v) is 25.7. The van der Waals surface area contributed by atoms with Gasteiger partial charge in [0, 0.05) is 34.6 Å². The van der Waals surface area contributed by atoms with E-state index in [2.05, 4.69) is 5.32 Å². The first kappa shape index (κ1) is 31.2. The van der Waals surface area contributed by atoms with E-state index in [1.165, 1.54) is 11.0 Å². The SMILES string of the molecule is CS(=O)(=O)N(CC(=O)N(Cc1c(Cl)cccc1Cl)[C@H](Cc1ccccc1)C(=O)NC1CCCC1)c1ccccc1Cl. The van der Waals surface area contributed by atoms with Crippen molar-refractivity contribution in [1.82, 2.24) is 10.2 Å². The molecule has 1 aliphatic carbocycles. The molecule has 218 valence electrons. The van der Waals surface area contributed by atoms with Crippen molar-refractivity contribution in [2.24, 2.45) is 0 Å². The number of benzene rings is 3. The smallest absolute Gasteiger partial charge is 0.244 e. The summed E-state index contributed by atoms with van der Waals surface area (Å²) in [5.74, 6) is -0.922. The largest absolute Gasteiger partial charge is 0.352 e. The van der Waals surface area contributed by atoms with Gasteiger partial charge in [0.1, 0.15) is 12.6 Å². The Morgan fingerprint density at radius 1 is 0.878 bits per heavy atom. The van der Waals surface area contributed by atoms with Gasteiger partial charge in [-0.15, -0.1) is 0 Å². The van der Waals surface area contributed by atoms with Crippen molar-refractivity contribution in [3.63, 3.8) is 0 Å². The molecule has 1 fully saturated rings. The van der Waals surface area contributed by atoms with Gasteiger partial charge in [-0.25, -0.2) is 8.42 Å². The van der Waals surface area contributed by atoms with Gasteiger partial charge in [-0.3, -0.25) is 13.9 Å². The topological polar surface area (TPSA) is 86.8 Å². The third-order valence-corrected chi connectivity index (χ3v) is 9.32. The molecule has 41 heavy (non-hydrogen) atoms. The predicted octanol–water partition coefficient (Wildman–Crippen LogP) is 6.11. The minimum absolute atomic E-state index is 0.0114. The molecule has 0 aliphatic heterocycles. The fourth-order valence-corrected chi connectivity index (χ4v) is 6.69. The van der Waals surface area contributed by atoms with E-state index in [0.717, 1.165) is 41.8 Å². The highest BCUT2D eigenvalue weighted by atomic mass is 35.5.